The zero-order chi connectivity index (χ0) is 21.2. The number of anilines is 1. The topological polar surface area (TPSA) is 41.6 Å². The summed E-state index contributed by atoms with van der Waals surface area (Å²) in [5.41, 5.74) is -0.180. The third kappa shape index (κ3) is 5.29. The van der Waals surface area contributed by atoms with Crippen LogP contribution in [-0.2, 0) is 15.7 Å². The molecule has 2 aromatic rings. The number of nitrogens with zero attached hydrogens (tertiary/aromatic N) is 1. The number of halogens is 4. The number of amides is 1. The zero-order valence-corrected chi connectivity index (χ0v) is 16.8. The first kappa shape index (κ1) is 21.6. The van der Waals surface area contributed by atoms with Gasteiger partial charge in [0.25, 0.3) is 0 Å². The van der Waals surface area contributed by atoms with Gasteiger partial charge in [0.15, 0.2) is 0 Å². The molecule has 1 amide bonds. The molecule has 1 heterocycles. The first-order valence-electron chi connectivity index (χ1n) is 9.27. The van der Waals surface area contributed by atoms with Gasteiger partial charge < -0.3 is 10.1 Å². The number of benzene rings is 2. The Balaban J connectivity index is 1.90. The molecule has 8 heteroatoms. The minimum absolute atomic E-state index is 0.0435. The number of hydrogen-bond donors (Lipinski definition) is 1. The van der Waals surface area contributed by atoms with Gasteiger partial charge in [-0.3, -0.25) is 9.69 Å². The van der Waals surface area contributed by atoms with Gasteiger partial charge in [0.05, 0.1) is 22.8 Å². The van der Waals surface area contributed by atoms with E-state index in [9.17, 15) is 18.0 Å². The van der Waals surface area contributed by atoms with E-state index < -0.39 is 28.7 Å². The number of carbonyl (C=O) groups is 1. The number of morpholine rings is 1. The number of nitrogens with one attached hydrogen (secondary N) is 1. The quantitative estimate of drug-likeness (QED) is 0.735. The second-order valence-corrected chi connectivity index (χ2v) is 7.61. The Morgan fingerprint density at radius 2 is 1.76 bits per heavy atom. The van der Waals surface area contributed by atoms with E-state index in [1.807, 2.05) is 49.1 Å². The Labute approximate surface area is 172 Å². The molecule has 1 fully saturated rings. The molecule has 1 aliphatic heterocycles. The van der Waals surface area contributed by atoms with Crippen molar-refractivity contribution >= 4 is 23.2 Å². The largest absolute Gasteiger partial charge is 0.417 e. The Morgan fingerprint density at radius 1 is 1.14 bits per heavy atom. The Morgan fingerprint density at radius 3 is 2.34 bits per heavy atom. The minimum atomic E-state index is -4.61. The first-order valence-corrected chi connectivity index (χ1v) is 9.65. The maximum Gasteiger partial charge on any atom is 0.417 e. The molecule has 0 spiro atoms. The van der Waals surface area contributed by atoms with Crippen LogP contribution < -0.4 is 5.32 Å². The Hall–Kier alpha value is -2.09. The summed E-state index contributed by atoms with van der Waals surface area (Å²) in [5.74, 6) is -0.409. The van der Waals surface area contributed by atoms with Crippen LogP contribution in [0.2, 0.25) is 5.02 Å². The highest BCUT2D eigenvalue weighted by molar-refractivity contribution is 6.31. The maximum atomic E-state index is 13.2. The van der Waals surface area contributed by atoms with Crippen molar-refractivity contribution in [2.24, 2.45) is 0 Å². The fourth-order valence-corrected chi connectivity index (χ4v) is 3.85. The summed E-state index contributed by atoms with van der Waals surface area (Å²) in [5, 5.41) is 2.22. The molecular weight excluding hydrogens is 405 g/mol. The lowest BCUT2D eigenvalue weighted by Gasteiger charge is -2.39. The molecule has 3 rings (SSSR count). The molecule has 1 aliphatic rings. The predicted octanol–water partition coefficient (Wildman–Crippen LogP) is 5.15. The normalized spacial score (nSPS) is 21.6. The van der Waals surface area contributed by atoms with Crippen molar-refractivity contribution in [2.45, 2.75) is 38.3 Å². The van der Waals surface area contributed by atoms with Crippen molar-refractivity contribution in [1.29, 1.82) is 0 Å². The number of carbonyl (C=O) groups excluding carboxylic acids is 1. The predicted molar refractivity (Wildman–Crippen MR) is 106 cm³/mol. The van der Waals surface area contributed by atoms with Gasteiger partial charge in [-0.1, -0.05) is 41.9 Å². The molecule has 1 N–H and O–H groups in total. The van der Waals surface area contributed by atoms with Gasteiger partial charge in [-0.25, -0.2) is 0 Å². The second-order valence-electron chi connectivity index (χ2n) is 7.21. The molecule has 3 atom stereocenters. The summed E-state index contributed by atoms with van der Waals surface area (Å²) in [7, 11) is 0. The van der Waals surface area contributed by atoms with Gasteiger partial charge >= 0.3 is 6.18 Å². The van der Waals surface area contributed by atoms with Crippen molar-refractivity contribution in [1.82, 2.24) is 4.90 Å². The summed E-state index contributed by atoms with van der Waals surface area (Å²) in [6, 6.07) is 11.9. The van der Waals surface area contributed by atoms with Crippen LogP contribution in [0.1, 0.15) is 31.0 Å². The molecule has 29 heavy (non-hydrogen) atoms. The van der Waals surface area contributed by atoms with Crippen molar-refractivity contribution in [2.75, 3.05) is 18.4 Å². The monoisotopic (exact) mass is 426 g/mol. The van der Waals surface area contributed by atoms with Gasteiger partial charge in [-0.2, -0.15) is 13.2 Å². The highest BCUT2D eigenvalue weighted by atomic mass is 35.5. The van der Waals surface area contributed by atoms with Crippen LogP contribution in [0, 0.1) is 0 Å². The molecule has 4 nitrogen and oxygen atoms in total. The summed E-state index contributed by atoms with van der Waals surface area (Å²) in [6.07, 6.45) is -4.73. The van der Waals surface area contributed by atoms with E-state index in [-0.39, 0.29) is 17.9 Å². The molecule has 0 aromatic heterocycles. The highest BCUT2D eigenvalue weighted by Crippen LogP contribution is 2.36. The van der Waals surface area contributed by atoms with E-state index in [0.29, 0.717) is 13.1 Å². The van der Waals surface area contributed by atoms with Crippen molar-refractivity contribution in [3.63, 3.8) is 0 Å². The highest BCUT2D eigenvalue weighted by Gasteiger charge is 2.35. The molecule has 0 unspecified atom stereocenters. The van der Waals surface area contributed by atoms with E-state index in [1.165, 1.54) is 6.07 Å². The Kier molecular flexibility index (Phi) is 6.51. The lowest BCUT2D eigenvalue weighted by Crippen LogP contribution is -2.49. The number of alkyl halides is 3. The van der Waals surface area contributed by atoms with Gasteiger partial charge in [-0.05, 0) is 37.6 Å². The smallest absolute Gasteiger partial charge is 0.373 e. The van der Waals surface area contributed by atoms with E-state index in [2.05, 4.69) is 5.32 Å². The molecule has 0 radical (unpaired) electrons. The standard InChI is InChI=1S/C21H22ClF3N2O2/c1-13-11-27(12-14(2)29-13)19(15-6-4-3-5-7-15)20(28)26-16-8-9-18(22)17(10-16)21(23,24)25/h3-10,13-14,19H,11-12H2,1-2H3,(H,26,28)/t13-,14-,19-/m1/s1. The fourth-order valence-electron chi connectivity index (χ4n) is 3.62. The second kappa shape index (κ2) is 8.73. The van der Waals surface area contributed by atoms with Crippen molar-refractivity contribution in [3.8, 4) is 0 Å². The average molecular weight is 427 g/mol. The van der Waals surface area contributed by atoms with Crippen LogP contribution >= 0.6 is 11.6 Å². The van der Waals surface area contributed by atoms with Gasteiger partial charge in [0, 0.05) is 18.8 Å². The molecule has 2 aromatic carbocycles. The molecule has 0 saturated carbocycles. The van der Waals surface area contributed by atoms with Crippen LogP contribution in [0.15, 0.2) is 48.5 Å². The zero-order valence-electron chi connectivity index (χ0n) is 16.0. The average Bonchev–Trinajstić information content (AvgIpc) is 2.63. The summed E-state index contributed by atoms with van der Waals surface area (Å²) in [6.45, 7) is 4.92. The minimum Gasteiger partial charge on any atom is -0.373 e. The van der Waals surface area contributed by atoms with Crippen LogP contribution in [0.3, 0.4) is 0 Å². The maximum absolute atomic E-state index is 13.2. The molecular formula is C21H22ClF3N2O2. The summed E-state index contributed by atoms with van der Waals surface area (Å²) in [4.78, 5) is 15.2. The van der Waals surface area contributed by atoms with E-state index in [1.54, 1.807) is 0 Å². The van der Waals surface area contributed by atoms with Crippen LogP contribution in [0.4, 0.5) is 18.9 Å². The van der Waals surface area contributed by atoms with E-state index >= 15 is 0 Å². The van der Waals surface area contributed by atoms with Crippen molar-refractivity contribution < 1.29 is 22.7 Å². The van der Waals surface area contributed by atoms with Gasteiger partial charge in [-0.15, -0.1) is 0 Å². The van der Waals surface area contributed by atoms with Crippen LogP contribution in [0.5, 0.6) is 0 Å². The van der Waals surface area contributed by atoms with Crippen LogP contribution in [-0.4, -0.2) is 36.1 Å². The number of hydrogen-bond acceptors (Lipinski definition) is 3. The van der Waals surface area contributed by atoms with E-state index in [4.69, 9.17) is 16.3 Å². The number of ether oxygens (including phenoxy) is 1. The molecule has 156 valence electrons. The van der Waals surface area contributed by atoms with Crippen molar-refractivity contribution in [3.05, 3.63) is 64.7 Å². The van der Waals surface area contributed by atoms with Gasteiger partial charge in [0.1, 0.15) is 6.04 Å². The lowest BCUT2D eigenvalue weighted by molar-refractivity contribution is -0.137. The number of rotatable bonds is 4. The Bertz CT molecular complexity index is 851. The summed E-state index contributed by atoms with van der Waals surface area (Å²) >= 11 is 5.67. The van der Waals surface area contributed by atoms with Crippen LogP contribution in [0.25, 0.3) is 0 Å². The molecule has 1 saturated heterocycles. The lowest BCUT2D eigenvalue weighted by atomic mass is 10.0. The van der Waals surface area contributed by atoms with E-state index in [0.717, 1.165) is 17.7 Å². The fraction of sp³-hybridized carbons (Fsp3) is 0.381. The SMILES string of the molecule is C[C@@H]1CN([C@@H](C(=O)Nc2ccc(Cl)c(C(F)(F)F)c2)c2ccccc2)C[C@@H](C)O1. The molecule has 0 bridgehead atoms. The van der Waals surface area contributed by atoms with Gasteiger partial charge in [0.2, 0.25) is 5.91 Å². The molecule has 0 aliphatic carbocycles. The first-order chi connectivity index (χ1) is 13.6. The third-order valence-corrected chi connectivity index (χ3v) is 5.05. The summed E-state index contributed by atoms with van der Waals surface area (Å²) < 4.78 is 45.2. The third-order valence-electron chi connectivity index (χ3n) is 4.72.